The van der Waals surface area contributed by atoms with Gasteiger partial charge in [-0.15, -0.1) is 11.6 Å². The van der Waals surface area contributed by atoms with Crippen LogP contribution in [0.15, 0.2) is 18.2 Å². The Morgan fingerprint density at radius 1 is 1.40 bits per heavy atom. The van der Waals surface area contributed by atoms with Crippen molar-refractivity contribution in [2.75, 3.05) is 7.11 Å². The molecule has 0 amide bonds. The van der Waals surface area contributed by atoms with E-state index in [2.05, 4.69) is 24.5 Å². The molecule has 1 heterocycles. The van der Waals surface area contributed by atoms with E-state index >= 15 is 0 Å². The monoisotopic (exact) mass is 292 g/mol. The number of aromatic nitrogens is 2. The predicted octanol–water partition coefficient (Wildman–Crippen LogP) is 4.49. The van der Waals surface area contributed by atoms with Crippen molar-refractivity contribution in [2.24, 2.45) is 5.92 Å². The summed E-state index contributed by atoms with van der Waals surface area (Å²) >= 11 is 6.38. The normalized spacial score (nSPS) is 17.4. The van der Waals surface area contributed by atoms with E-state index in [4.69, 9.17) is 21.3 Å². The first kappa shape index (κ1) is 13.7. The quantitative estimate of drug-likeness (QED) is 0.776. The first-order valence-electron chi connectivity index (χ1n) is 7.16. The van der Waals surface area contributed by atoms with Crippen molar-refractivity contribution in [2.45, 2.75) is 44.5 Å². The van der Waals surface area contributed by atoms with Crippen LogP contribution in [0, 0.1) is 5.92 Å². The van der Waals surface area contributed by atoms with Gasteiger partial charge >= 0.3 is 0 Å². The first-order valence-corrected chi connectivity index (χ1v) is 7.60. The Morgan fingerprint density at radius 3 is 2.65 bits per heavy atom. The third-order valence-corrected chi connectivity index (χ3v) is 4.60. The number of halogens is 1. The number of hydrogen-bond acceptors (Lipinski definition) is 2. The zero-order valence-corrected chi connectivity index (χ0v) is 13.2. The van der Waals surface area contributed by atoms with E-state index in [0.29, 0.717) is 5.92 Å². The fourth-order valence-corrected chi connectivity index (χ4v) is 3.25. The number of hydrogen-bond donors (Lipinski definition) is 0. The summed E-state index contributed by atoms with van der Waals surface area (Å²) in [6, 6.07) is 6.08. The molecule has 1 aliphatic rings. The second kappa shape index (κ2) is 4.66. The number of ether oxygens (including phenoxy) is 1. The molecule has 20 heavy (non-hydrogen) atoms. The predicted molar refractivity (Wildman–Crippen MR) is 82.6 cm³/mol. The van der Waals surface area contributed by atoms with Gasteiger partial charge in [0.2, 0.25) is 0 Å². The van der Waals surface area contributed by atoms with Crippen LogP contribution in [0.4, 0.5) is 0 Å². The summed E-state index contributed by atoms with van der Waals surface area (Å²) in [6.07, 6.45) is 2.57. The van der Waals surface area contributed by atoms with E-state index in [1.165, 1.54) is 12.8 Å². The highest BCUT2D eigenvalue weighted by molar-refractivity contribution is 6.20. The summed E-state index contributed by atoms with van der Waals surface area (Å²) in [5.41, 5.74) is 2.06. The fraction of sp³-hybridized carbons (Fsp3) is 0.562. The molecule has 1 atom stereocenters. The van der Waals surface area contributed by atoms with Crippen molar-refractivity contribution < 1.29 is 4.74 Å². The number of fused-ring (bicyclic) bond motifs is 1. The Labute approximate surface area is 124 Å². The lowest BCUT2D eigenvalue weighted by Gasteiger charge is -2.30. The molecule has 3 nitrogen and oxygen atoms in total. The third-order valence-electron chi connectivity index (χ3n) is 4.40. The number of para-hydroxylation sites is 1. The van der Waals surface area contributed by atoms with Crippen LogP contribution in [-0.2, 0) is 5.54 Å². The maximum atomic E-state index is 6.38. The van der Waals surface area contributed by atoms with E-state index in [1.807, 2.05) is 19.1 Å². The molecule has 0 radical (unpaired) electrons. The lowest BCUT2D eigenvalue weighted by Crippen LogP contribution is -2.30. The van der Waals surface area contributed by atoms with Crippen LogP contribution in [0.3, 0.4) is 0 Å². The Morgan fingerprint density at radius 2 is 2.10 bits per heavy atom. The van der Waals surface area contributed by atoms with Crippen molar-refractivity contribution in [3.8, 4) is 5.75 Å². The summed E-state index contributed by atoms with van der Waals surface area (Å²) in [7, 11) is 1.68. The average Bonchev–Trinajstić information content (AvgIpc) is 3.18. The SMILES string of the molecule is COc1cccc2c1nc(C(C)Cl)n2C(C)(C)C1CC1. The number of methoxy groups -OCH3 is 1. The molecule has 0 spiro atoms. The smallest absolute Gasteiger partial charge is 0.146 e. The number of alkyl halides is 1. The van der Waals surface area contributed by atoms with E-state index < -0.39 is 0 Å². The largest absolute Gasteiger partial charge is 0.494 e. The number of rotatable bonds is 4. The zero-order chi connectivity index (χ0) is 14.5. The summed E-state index contributed by atoms with van der Waals surface area (Å²) in [5, 5.41) is -0.120. The maximum Gasteiger partial charge on any atom is 0.146 e. The molecule has 1 fully saturated rings. The van der Waals surface area contributed by atoms with Crippen LogP contribution < -0.4 is 4.74 Å². The van der Waals surface area contributed by atoms with Crippen LogP contribution in [0.5, 0.6) is 5.75 Å². The second-order valence-electron chi connectivity index (χ2n) is 6.18. The van der Waals surface area contributed by atoms with Gasteiger partial charge in [-0.05, 0) is 51.7 Å². The molecule has 0 aliphatic heterocycles. The lowest BCUT2D eigenvalue weighted by atomic mass is 9.97. The van der Waals surface area contributed by atoms with Gasteiger partial charge in [0.15, 0.2) is 0 Å². The van der Waals surface area contributed by atoms with Gasteiger partial charge in [0, 0.05) is 5.54 Å². The molecular formula is C16H21ClN2O. The highest BCUT2D eigenvalue weighted by atomic mass is 35.5. The van der Waals surface area contributed by atoms with Crippen LogP contribution in [0.1, 0.15) is 44.8 Å². The Hall–Kier alpha value is -1.22. The summed E-state index contributed by atoms with van der Waals surface area (Å²) in [5.74, 6) is 2.45. The molecule has 1 aliphatic carbocycles. The van der Waals surface area contributed by atoms with Crippen molar-refractivity contribution in [3.05, 3.63) is 24.0 Å². The molecule has 1 saturated carbocycles. The molecule has 2 aromatic rings. The van der Waals surface area contributed by atoms with Gasteiger partial charge in [0.1, 0.15) is 17.1 Å². The van der Waals surface area contributed by atoms with Gasteiger partial charge in [0.25, 0.3) is 0 Å². The molecule has 0 bridgehead atoms. The number of imidazole rings is 1. The molecule has 1 aromatic heterocycles. The van der Waals surface area contributed by atoms with Gasteiger partial charge in [-0.3, -0.25) is 0 Å². The first-order chi connectivity index (χ1) is 9.46. The summed E-state index contributed by atoms with van der Waals surface area (Å²) in [4.78, 5) is 4.77. The number of benzene rings is 1. The lowest BCUT2D eigenvalue weighted by molar-refractivity contribution is 0.304. The minimum Gasteiger partial charge on any atom is -0.494 e. The van der Waals surface area contributed by atoms with E-state index in [0.717, 1.165) is 22.6 Å². The highest BCUT2D eigenvalue weighted by Gasteiger charge is 2.41. The topological polar surface area (TPSA) is 27.1 Å². The second-order valence-corrected chi connectivity index (χ2v) is 6.83. The van der Waals surface area contributed by atoms with Crippen LogP contribution >= 0.6 is 11.6 Å². The third kappa shape index (κ3) is 1.99. The van der Waals surface area contributed by atoms with Crippen molar-refractivity contribution in [1.29, 1.82) is 0 Å². The van der Waals surface area contributed by atoms with Crippen LogP contribution in [0.2, 0.25) is 0 Å². The van der Waals surface area contributed by atoms with Gasteiger partial charge in [0.05, 0.1) is 18.0 Å². The van der Waals surface area contributed by atoms with Crippen molar-refractivity contribution in [3.63, 3.8) is 0 Å². The van der Waals surface area contributed by atoms with Gasteiger partial charge < -0.3 is 9.30 Å². The van der Waals surface area contributed by atoms with Gasteiger partial charge in [-0.1, -0.05) is 6.07 Å². The van der Waals surface area contributed by atoms with E-state index in [9.17, 15) is 0 Å². The molecule has 1 unspecified atom stereocenters. The molecular weight excluding hydrogens is 272 g/mol. The van der Waals surface area contributed by atoms with E-state index in [1.54, 1.807) is 7.11 Å². The number of nitrogens with zero attached hydrogens (tertiary/aromatic N) is 2. The Kier molecular flexibility index (Phi) is 3.20. The van der Waals surface area contributed by atoms with Crippen LogP contribution in [0.25, 0.3) is 11.0 Å². The molecule has 108 valence electrons. The van der Waals surface area contributed by atoms with Gasteiger partial charge in [-0.25, -0.2) is 4.98 Å². The molecule has 0 saturated heterocycles. The minimum absolute atomic E-state index is 0.0413. The molecule has 1 aromatic carbocycles. The Balaban J connectivity index is 2.30. The summed E-state index contributed by atoms with van der Waals surface area (Å²) < 4.78 is 7.77. The standard InChI is InChI=1S/C16H21ClN2O/c1-10(17)15-18-14-12(6-5-7-13(14)20-4)19(15)16(2,3)11-8-9-11/h5-7,10-11H,8-9H2,1-4H3. The van der Waals surface area contributed by atoms with Crippen molar-refractivity contribution >= 4 is 22.6 Å². The van der Waals surface area contributed by atoms with Gasteiger partial charge in [-0.2, -0.15) is 0 Å². The van der Waals surface area contributed by atoms with Crippen molar-refractivity contribution in [1.82, 2.24) is 9.55 Å². The summed E-state index contributed by atoms with van der Waals surface area (Å²) in [6.45, 7) is 6.55. The average molecular weight is 293 g/mol. The highest BCUT2D eigenvalue weighted by Crippen LogP contribution is 2.47. The molecule has 4 heteroatoms. The fourth-order valence-electron chi connectivity index (χ4n) is 3.10. The minimum atomic E-state index is -0.120. The zero-order valence-electron chi connectivity index (χ0n) is 12.5. The van der Waals surface area contributed by atoms with Crippen LogP contribution in [-0.4, -0.2) is 16.7 Å². The van der Waals surface area contributed by atoms with E-state index in [-0.39, 0.29) is 10.9 Å². The Bertz CT molecular complexity index is 641. The molecule has 0 N–H and O–H groups in total. The maximum absolute atomic E-state index is 6.38. The molecule has 3 rings (SSSR count).